The molecule has 3 amide bonds. The first kappa shape index (κ1) is 58.4. The van der Waals surface area contributed by atoms with Crippen molar-refractivity contribution in [3.8, 4) is 69.3 Å². The number of fused-ring (bicyclic) bond motifs is 8. The van der Waals surface area contributed by atoms with Gasteiger partial charge < -0.3 is 77.9 Å². The minimum absolute atomic E-state index is 0.00473. The number of likely N-dealkylation sites (N-methyl/N-ethyl adjacent to an activating group) is 1. The maximum atomic E-state index is 14.7. The van der Waals surface area contributed by atoms with Gasteiger partial charge in [0.05, 0.1) is 74.0 Å². The third kappa shape index (κ3) is 11.1. The Morgan fingerprint density at radius 1 is 0.667 bits per heavy atom. The van der Waals surface area contributed by atoms with E-state index in [0.717, 1.165) is 29.5 Å². The zero-order chi connectivity index (χ0) is 59.5. The Morgan fingerprint density at radius 3 is 1.76 bits per heavy atom. The molecule has 1 aromatic heterocycles. The monoisotopic (exact) mass is 1150 g/mol. The number of hydrogen-bond acceptors (Lipinski definition) is 19. The van der Waals surface area contributed by atoms with Crippen molar-refractivity contribution in [3.05, 3.63) is 111 Å². The van der Waals surface area contributed by atoms with Crippen LogP contribution in [0.3, 0.4) is 0 Å². The van der Waals surface area contributed by atoms with Gasteiger partial charge in [0.2, 0.25) is 0 Å². The normalized spacial score (nSPS) is 19.1. The second-order valence-electron chi connectivity index (χ2n) is 21.1. The number of nitriles is 1. The summed E-state index contributed by atoms with van der Waals surface area (Å²) in [5.41, 5.74) is 5.54. The van der Waals surface area contributed by atoms with Crippen LogP contribution in [-0.4, -0.2) is 145 Å². The molecule has 0 radical (unpaired) electrons. The van der Waals surface area contributed by atoms with Crippen molar-refractivity contribution in [3.63, 3.8) is 0 Å². The van der Waals surface area contributed by atoms with E-state index in [2.05, 4.69) is 31.8 Å². The highest BCUT2D eigenvalue weighted by molar-refractivity contribution is 5.96. The summed E-state index contributed by atoms with van der Waals surface area (Å²) in [6.45, 7) is 5.00. The molecule has 4 aliphatic rings. The number of piperazine rings is 1. The van der Waals surface area contributed by atoms with E-state index in [1.807, 2.05) is 26.1 Å². The number of benzene rings is 5. The van der Waals surface area contributed by atoms with Crippen LogP contribution >= 0.6 is 0 Å². The molecule has 5 heterocycles. The Hall–Kier alpha value is -8.78. The number of ether oxygens (including phenoxy) is 10. The number of amides is 3. The number of carbonyl (C=O) groups excluding carboxylic acids is 3. The molecule has 444 valence electrons. The Kier molecular flexibility index (Phi) is 17.4. The van der Waals surface area contributed by atoms with E-state index in [0.29, 0.717) is 87.8 Å². The summed E-state index contributed by atoms with van der Waals surface area (Å²) < 4.78 is 66.1. The zero-order valence-corrected chi connectivity index (χ0v) is 48.5. The van der Waals surface area contributed by atoms with Crippen molar-refractivity contribution in [2.75, 3.05) is 82.6 Å². The van der Waals surface area contributed by atoms with Gasteiger partial charge in [-0.25, -0.2) is 9.59 Å². The van der Waals surface area contributed by atoms with E-state index in [1.54, 1.807) is 50.4 Å². The first-order valence-electron chi connectivity index (χ1n) is 27.8. The van der Waals surface area contributed by atoms with Gasteiger partial charge in [-0.05, 0) is 106 Å². The highest BCUT2D eigenvalue weighted by Crippen LogP contribution is 2.59. The van der Waals surface area contributed by atoms with Gasteiger partial charge in [0.25, 0.3) is 5.91 Å². The quantitative estimate of drug-likeness (QED) is 0.0515. The highest BCUT2D eigenvalue weighted by atomic mass is 16.6. The summed E-state index contributed by atoms with van der Waals surface area (Å²) in [7, 11) is 10.9. The van der Waals surface area contributed by atoms with Crippen molar-refractivity contribution >= 4 is 29.1 Å². The molecule has 2 bridgehead atoms. The number of nitrogens with zero attached hydrogens (tertiary/aromatic N) is 3. The molecule has 5 aromatic carbocycles. The average molecular weight is 1160 g/mol. The molecule has 4 aliphatic heterocycles. The number of hydrogen-bond donors (Lipinski definition) is 5. The smallest absolute Gasteiger partial charge is 0.412 e. The number of rotatable bonds is 19. The fourth-order valence-corrected chi connectivity index (χ4v) is 12.7. The lowest BCUT2D eigenvalue weighted by atomic mass is 9.71. The molecule has 22 heteroatoms. The lowest BCUT2D eigenvalue weighted by molar-refractivity contribution is -0.0723. The van der Waals surface area contributed by atoms with Crippen molar-refractivity contribution in [2.45, 2.75) is 88.7 Å². The van der Waals surface area contributed by atoms with E-state index in [1.165, 1.54) is 47.7 Å². The van der Waals surface area contributed by atoms with Gasteiger partial charge in [-0.2, -0.15) is 5.26 Å². The van der Waals surface area contributed by atoms with E-state index in [4.69, 9.17) is 51.8 Å². The van der Waals surface area contributed by atoms with Gasteiger partial charge >= 0.3 is 12.2 Å². The molecule has 22 nitrogen and oxygen atoms in total. The fourth-order valence-electron chi connectivity index (χ4n) is 12.7. The molecule has 0 saturated carbocycles. The van der Waals surface area contributed by atoms with E-state index in [-0.39, 0.29) is 84.6 Å². The van der Waals surface area contributed by atoms with Gasteiger partial charge in [-0.3, -0.25) is 14.6 Å². The predicted octanol–water partition coefficient (Wildman–Crippen LogP) is 7.93. The second kappa shape index (κ2) is 25.0. The van der Waals surface area contributed by atoms with Crippen molar-refractivity contribution in [1.82, 2.24) is 25.8 Å². The number of phenols is 2. The number of furan rings is 1. The van der Waals surface area contributed by atoms with Crippen LogP contribution in [0.1, 0.15) is 80.0 Å². The van der Waals surface area contributed by atoms with Crippen LogP contribution in [0, 0.1) is 25.2 Å². The minimum Gasteiger partial charge on any atom is -0.504 e. The molecular formula is C62H70N6O16. The molecule has 6 aromatic rings. The summed E-state index contributed by atoms with van der Waals surface area (Å²) in [4.78, 5) is 47.2. The molecule has 84 heavy (non-hydrogen) atoms. The number of phenolic OH excluding ortho intramolecular Hbond substituents is 2. The Labute approximate surface area is 486 Å². The standard InChI is InChI=1S/C62H70N6O16/c1-32-54(76-6)39-29-42-53-52-40(55(77-7)33(2)57(79-9)59(52)84-62(73)65-21-17-35-11-14-46(70)49(25-35)75-5)28-41(67(53)3)43(30-63)68(42)44(31-66-60(71)50-27-36-26-38(12-15-47(36)82-50)81-37-18-22-80-23-19-37)51(39)58(56(32)78-8)83-61(72)64-20-16-34-10-13-45(69)48(24-34)74-4/h10-15,24-27,37,41-44,53,69-70H,16-23,28-29,31H2,1-9H3,(H,64,72)(H,65,73)(H,66,71)/t41-,42-,43-,44-,53-/m0/s1. The first-order valence-corrected chi connectivity index (χ1v) is 27.8. The van der Waals surface area contributed by atoms with Crippen molar-refractivity contribution < 1.29 is 76.4 Å². The maximum Gasteiger partial charge on any atom is 0.412 e. The van der Waals surface area contributed by atoms with Gasteiger partial charge in [0.1, 0.15) is 35.0 Å². The highest BCUT2D eigenvalue weighted by Gasteiger charge is 2.57. The van der Waals surface area contributed by atoms with Crippen LogP contribution in [0.25, 0.3) is 11.0 Å². The molecule has 10 rings (SSSR count). The molecule has 2 saturated heterocycles. The Bertz CT molecular complexity index is 3520. The molecule has 0 aliphatic carbocycles. The van der Waals surface area contributed by atoms with Crippen molar-refractivity contribution in [1.29, 1.82) is 5.26 Å². The second-order valence-corrected chi connectivity index (χ2v) is 21.1. The number of methoxy groups -OCH3 is 6. The summed E-state index contributed by atoms with van der Waals surface area (Å²) in [5.74, 6) is 2.30. The van der Waals surface area contributed by atoms with Crippen LogP contribution in [0.2, 0.25) is 0 Å². The van der Waals surface area contributed by atoms with Crippen LogP contribution in [-0.2, 0) is 30.4 Å². The van der Waals surface area contributed by atoms with Crippen LogP contribution in [0.4, 0.5) is 9.59 Å². The fraction of sp³-hybridized carbons (Fsp3) is 0.419. The average Bonchev–Trinajstić information content (AvgIpc) is 1.23. The summed E-state index contributed by atoms with van der Waals surface area (Å²) in [5, 5.41) is 41.5. The minimum atomic E-state index is -0.937. The van der Waals surface area contributed by atoms with E-state index >= 15 is 0 Å². The molecular weight excluding hydrogens is 1080 g/mol. The maximum absolute atomic E-state index is 14.7. The third-order valence-corrected chi connectivity index (χ3v) is 16.5. The molecule has 2 fully saturated rings. The summed E-state index contributed by atoms with van der Waals surface area (Å²) in [6, 6.07) is 15.9. The van der Waals surface area contributed by atoms with Crippen LogP contribution < -0.4 is 58.6 Å². The van der Waals surface area contributed by atoms with E-state index < -0.39 is 48.3 Å². The lowest BCUT2D eigenvalue weighted by Crippen LogP contribution is -2.69. The summed E-state index contributed by atoms with van der Waals surface area (Å²) in [6.07, 6.45) is 1.13. The number of nitrogens with one attached hydrogen (secondary N) is 3. The first-order chi connectivity index (χ1) is 40.6. The van der Waals surface area contributed by atoms with Gasteiger partial charge in [0.15, 0.2) is 51.8 Å². The van der Waals surface area contributed by atoms with Crippen LogP contribution in [0.5, 0.6) is 63.2 Å². The van der Waals surface area contributed by atoms with Gasteiger partial charge in [-0.15, -0.1) is 0 Å². The van der Waals surface area contributed by atoms with E-state index in [9.17, 15) is 29.9 Å². The Balaban J connectivity index is 1.05. The van der Waals surface area contributed by atoms with Gasteiger partial charge in [-0.1, -0.05) is 12.1 Å². The lowest BCUT2D eigenvalue weighted by Gasteiger charge is -2.60. The predicted molar refractivity (Wildman–Crippen MR) is 306 cm³/mol. The molecule has 0 spiro atoms. The van der Waals surface area contributed by atoms with Crippen molar-refractivity contribution in [2.24, 2.45) is 0 Å². The summed E-state index contributed by atoms with van der Waals surface area (Å²) >= 11 is 0. The third-order valence-electron chi connectivity index (χ3n) is 16.5. The SMILES string of the molecule is COc1cc(CCNC(=O)Oc2c(OC)c(C)c(OC)c3c2[C@@H]2[C@@H]4Cc5c(OC)c(C)c(OC)c(OC(=O)NCCc6ccc(O)c(OC)c6)c5[C@H](CNC(=O)c5cc6cc(OC7CCOCC7)ccc6o5)N4[C@@H](C#N)[C@H](C3)N2C)ccc1O. The molecule has 5 atom stereocenters. The topological polar surface area (TPSA) is 263 Å². The largest absolute Gasteiger partial charge is 0.504 e. The van der Waals surface area contributed by atoms with Gasteiger partial charge in [0, 0.05) is 83.3 Å². The molecule has 5 N–H and O–H groups in total. The zero-order valence-electron chi connectivity index (χ0n) is 48.5. The van der Waals surface area contributed by atoms with Crippen LogP contribution in [0.15, 0.2) is 65.1 Å². The Morgan fingerprint density at radius 2 is 1.21 bits per heavy atom. The number of carbonyl (C=O) groups is 3. The number of aromatic hydroxyl groups is 2. The molecule has 0 unspecified atom stereocenters.